The summed E-state index contributed by atoms with van der Waals surface area (Å²) in [6.07, 6.45) is 2.47. The molecule has 0 bridgehead atoms. The van der Waals surface area contributed by atoms with Crippen molar-refractivity contribution in [2.45, 2.75) is 19.8 Å². The van der Waals surface area contributed by atoms with Crippen LogP contribution in [0.25, 0.3) is 0 Å². The second-order valence-corrected chi connectivity index (χ2v) is 5.43. The lowest BCUT2D eigenvalue weighted by molar-refractivity contribution is 0.243. The number of benzene rings is 1. The van der Waals surface area contributed by atoms with Crippen LogP contribution in [-0.2, 0) is 0 Å². The van der Waals surface area contributed by atoms with Gasteiger partial charge in [0.25, 0.3) is 0 Å². The van der Waals surface area contributed by atoms with Crippen molar-refractivity contribution < 1.29 is 4.39 Å². The van der Waals surface area contributed by atoms with E-state index >= 15 is 0 Å². The second kappa shape index (κ2) is 5.05. The van der Waals surface area contributed by atoms with Crippen molar-refractivity contribution in [3.05, 3.63) is 30.1 Å². The van der Waals surface area contributed by atoms with Crippen molar-refractivity contribution in [1.82, 2.24) is 5.32 Å². The highest BCUT2D eigenvalue weighted by molar-refractivity contribution is 5.45. The summed E-state index contributed by atoms with van der Waals surface area (Å²) in [6, 6.07) is 6.81. The molecule has 1 heterocycles. The molecule has 0 spiro atoms. The van der Waals surface area contributed by atoms with Crippen LogP contribution < -0.4 is 10.2 Å². The number of hydrogen-bond acceptors (Lipinski definition) is 2. The van der Waals surface area contributed by atoms with E-state index in [4.69, 9.17) is 0 Å². The maximum Gasteiger partial charge on any atom is 0.125 e. The molecule has 1 saturated heterocycles. The van der Waals surface area contributed by atoms with Crippen LogP contribution in [0.3, 0.4) is 0 Å². The summed E-state index contributed by atoms with van der Waals surface area (Å²) in [5.41, 5.74) is 1.25. The Balaban J connectivity index is 2.03. The van der Waals surface area contributed by atoms with E-state index in [2.05, 4.69) is 17.1 Å². The van der Waals surface area contributed by atoms with Gasteiger partial charge >= 0.3 is 0 Å². The predicted octanol–water partition coefficient (Wildman–Crippen LogP) is 2.65. The van der Waals surface area contributed by atoms with Gasteiger partial charge in [-0.15, -0.1) is 0 Å². The van der Waals surface area contributed by atoms with Crippen LogP contribution in [-0.4, -0.2) is 26.7 Å². The van der Waals surface area contributed by atoms with Gasteiger partial charge in [-0.05, 0) is 43.0 Å². The highest BCUT2D eigenvalue weighted by atomic mass is 19.1. The first-order valence-corrected chi connectivity index (χ1v) is 6.27. The molecule has 1 aliphatic heterocycles. The molecule has 1 aromatic carbocycles. The van der Waals surface area contributed by atoms with Gasteiger partial charge < -0.3 is 10.2 Å². The molecule has 2 rings (SSSR count). The third-order valence-corrected chi connectivity index (χ3v) is 3.55. The minimum absolute atomic E-state index is 0.165. The van der Waals surface area contributed by atoms with Crippen molar-refractivity contribution in [2.75, 3.05) is 31.6 Å². The zero-order chi connectivity index (χ0) is 12.3. The van der Waals surface area contributed by atoms with Crippen LogP contribution in [0, 0.1) is 11.2 Å². The molecule has 1 fully saturated rings. The van der Waals surface area contributed by atoms with Gasteiger partial charge in [0.1, 0.15) is 5.82 Å². The SMILES string of the molecule is CN(CC1(C)CCCNC1)c1cccc(F)c1. The molecular formula is C14H21FN2. The third kappa shape index (κ3) is 3.19. The van der Waals surface area contributed by atoms with E-state index in [9.17, 15) is 4.39 Å². The van der Waals surface area contributed by atoms with Crippen molar-refractivity contribution >= 4 is 5.69 Å². The molecule has 0 saturated carbocycles. The highest BCUT2D eigenvalue weighted by Gasteiger charge is 2.28. The topological polar surface area (TPSA) is 15.3 Å². The van der Waals surface area contributed by atoms with E-state index in [1.165, 1.54) is 18.9 Å². The lowest BCUT2D eigenvalue weighted by Crippen LogP contribution is -2.45. The number of halogens is 1. The summed E-state index contributed by atoms with van der Waals surface area (Å²) in [4.78, 5) is 2.15. The van der Waals surface area contributed by atoms with Gasteiger partial charge in [0.2, 0.25) is 0 Å². The number of rotatable bonds is 3. The number of anilines is 1. The van der Waals surface area contributed by atoms with Gasteiger partial charge in [-0.3, -0.25) is 0 Å². The molecule has 1 atom stereocenters. The van der Waals surface area contributed by atoms with Crippen molar-refractivity contribution in [2.24, 2.45) is 5.41 Å². The fourth-order valence-electron chi connectivity index (χ4n) is 2.63. The van der Waals surface area contributed by atoms with Crippen molar-refractivity contribution in [1.29, 1.82) is 0 Å². The summed E-state index contributed by atoms with van der Waals surface area (Å²) in [7, 11) is 2.04. The number of nitrogens with one attached hydrogen (secondary N) is 1. The van der Waals surface area contributed by atoms with E-state index in [1.807, 2.05) is 13.1 Å². The van der Waals surface area contributed by atoms with Crippen LogP contribution in [0.15, 0.2) is 24.3 Å². The first kappa shape index (κ1) is 12.4. The number of hydrogen-bond donors (Lipinski definition) is 1. The molecule has 1 unspecified atom stereocenters. The van der Waals surface area contributed by atoms with Crippen LogP contribution in [0.2, 0.25) is 0 Å². The lowest BCUT2D eigenvalue weighted by Gasteiger charge is -2.38. The summed E-state index contributed by atoms with van der Waals surface area (Å²) in [5.74, 6) is -0.165. The Morgan fingerprint density at radius 2 is 2.29 bits per heavy atom. The monoisotopic (exact) mass is 236 g/mol. The minimum Gasteiger partial charge on any atom is -0.374 e. The van der Waals surface area contributed by atoms with Crippen molar-refractivity contribution in [3.8, 4) is 0 Å². The van der Waals surface area contributed by atoms with Crippen LogP contribution in [0.1, 0.15) is 19.8 Å². The van der Waals surface area contributed by atoms with Crippen molar-refractivity contribution in [3.63, 3.8) is 0 Å². The average molecular weight is 236 g/mol. The molecule has 1 aromatic rings. The Bertz CT molecular complexity index is 372. The Kier molecular flexibility index (Phi) is 3.67. The predicted molar refractivity (Wildman–Crippen MR) is 69.9 cm³/mol. The fourth-order valence-corrected chi connectivity index (χ4v) is 2.63. The van der Waals surface area contributed by atoms with E-state index < -0.39 is 0 Å². The Morgan fingerprint density at radius 1 is 1.47 bits per heavy atom. The number of nitrogens with zero attached hydrogens (tertiary/aromatic N) is 1. The zero-order valence-corrected chi connectivity index (χ0v) is 10.7. The first-order chi connectivity index (χ1) is 8.09. The molecule has 94 valence electrons. The van der Waals surface area contributed by atoms with Gasteiger partial charge in [-0.1, -0.05) is 13.0 Å². The van der Waals surface area contributed by atoms with E-state index in [-0.39, 0.29) is 5.82 Å². The largest absolute Gasteiger partial charge is 0.374 e. The zero-order valence-electron chi connectivity index (χ0n) is 10.7. The Morgan fingerprint density at radius 3 is 2.94 bits per heavy atom. The minimum atomic E-state index is -0.165. The number of piperidine rings is 1. The van der Waals surface area contributed by atoms with Gasteiger partial charge in [0.15, 0.2) is 0 Å². The molecule has 2 nitrogen and oxygen atoms in total. The summed E-state index contributed by atoms with van der Waals surface area (Å²) < 4.78 is 13.2. The molecule has 0 aromatic heterocycles. The summed E-state index contributed by atoms with van der Waals surface area (Å²) >= 11 is 0. The summed E-state index contributed by atoms with van der Waals surface area (Å²) in [6.45, 7) is 5.43. The normalized spacial score (nSPS) is 24.6. The van der Waals surface area contributed by atoms with Crippen LogP contribution >= 0.6 is 0 Å². The third-order valence-electron chi connectivity index (χ3n) is 3.55. The molecule has 17 heavy (non-hydrogen) atoms. The summed E-state index contributed by atoms with van der Waals surface area (Å²) in [5, 5.41) is 3.44. The molecule has 0 amide bonds. The molecule has 0 radical (unpaired) electrons. The molecule has 0 aliphatic carbocycles. The highest BCUT2D eigenvalue weighted by Crippen LogP contribution is 2.28. The van der Waals surface area contributed by atoms with E-state index in [0.717, 1.165) is 25.3 Å². The first-order valence-electron chi connectivity index (χ1n) is 6.27. The maximum absolute atomic E-state index is 13.2. The van der Waals surface area contributed by atoms with Gasteiger partial charge in [-0.25, -0.2) is 4.39 Å². The maximum atomic E-state index is 13.2. The quantitative estimate of drug-likeness (QED) is 0.868. The Hall–Kier alpha value is -1.09. The second-order valence-electron chi connectivity index (χ2n) is 5.43. The van der Waals surface area contributed by atoms with Crippen LogP contribution in [0.4, 0.5) is 10.1 Å². The smallest absolute Gasteiger partial charge is 0.125 e. The molecule has 1 aliphatic rings. The average Bonchev–Trinajstić information content (AvgIpc) is 2.29. The fraction of sp³-hybridized carbons (Fsp3) is 0.571. The van der Waals surface area contributed by atoms with Gasteiger partial charge in [-0.2, -0.15) is 0 Å². The van der Waals surface area contributed by atoms with Crippen LogP contribution in [0.5, 0.6) is 0 Å². The van der Waals surface area contributed by atoms with Gasteiger partial charge in [0, 0.05) is 25.8 Å². The Labute approximate surface area is 103 Å². The molecule has 3 heteroatoms. The van der Waals surface area contributed by atoms with Gasteiger partial charge in [0.05, 0.1) is 0 Å². The standard InChI is InChI=1S/C14H21FN2/c1-14(7-4-8-16-10-14)11-17(2)13-6-3-5-12(15)9-13/h3,5-6,9,16H,4,7-8,10-11H2,1-2H3. The molecule has 1 N–H and O–H groups in total. The van der Waals surface area contributed by atoms with E-state index in [0.29, 0.717) is 5.41 Å². The molecular weight excluding hydrogens is 215 g/mol. The van der Waals surface area contributed by atoms with E-state index in [1.54, 1.807) is 12.1 Å². The lowest BCUT2D eigenvalue weighted by atomic mass is 9.82.